The average Bonchev–Trinajstić information content (AvgIpc) is 2.48. The molecular formula is C16H24Cl2N2O2. The second-order valence-electron chi connectivity index (χ2n) is 5.73. The van der Waals surface area contributed by atoms with Gasteiger partial charge in [-0.15, -0.1) is 12.4 Å². The van der Waals surface area contributed by atoms with Gasteiger partial charge in [0.25, 0.3) is 5.91 Å². The van der Waals surface area contributed by atoms with Crippen molar-refractivity contribution in [2.45, 2.75) is 32.7 Å². The number of nitrogens with two attached hydrogens (primary N) is 1. The van der Waals surface area contributed by atoms with E-state index in [4.69, 9.17) is 22.1 Å². The van der Waals surface area contributed by atoms with Crippen molar-refractivity contribution in [2.24, 2.45) is 11.7 Å². The highest BCUT2D eigenvalue weighted by atomic mass is 35.5. The van der Waals surface area contributed by atoms with Gasteiger partial charge < -0.3 is 15.4 Å². The van der Waals surface area contributed by atoms with Gasteiger partial charge in [0.1, 0.15) is 5.75 Å². The SMILES string of the molecule is Cc1c(Cl)cccc1OCC(=O)N1CCC(C(C)N)CC1.Cl. The van der Waals surface area contributed by atoms with Crippen molar-refractivity contribution in [3.63, 3.8) is 0 Å². The third-order valence-electron chi connectivity index (χ3n) is 4.21. The zero-order chi connectivity index (χ0) is 15.4. The Hall–Kier alpha value is -0.970. The van der Waals surface area contributed by atoms with Crippen molar-refractivity contribution >= 4 is 29.9 Å². The van der Waals surface area contributed by atoms with Crippen LogP contribution < -0.4 is 10.5 Å². The molecule has 0 aromatic heterocycles. The highest BCUT2D eigenvalue weighted by Crippen LogP contribution is 2.25. The highest BCUT2D eigenvalue weighted by Gasteiger charge is 2.25. The third kappa shape index (κ3) is 4.77. The molecule has 6 heteroatoms. The Labute approximate surface area is 143 Å². The summed E-state index contributed by atoms with van der Waals surface area (Å²) in [4.78, 5) is 14.0. The number of likely N-dealkylation sites (tertiary alicyclic amines) is 1. The number of nitrogens with zero attached hydrogens (tertiary/aromatic N) is 1. The van der Waals surface area contributed by atoms with Gasteiger partial charge in [-0.25, -0.2) is 0 Å². The number of hydrogen-bond acceptors (Lipinski definition) is 3. The van der Waals surface area contributed by atoms with E-state index < -0.39 is 0 Å². The summed E-state index contributed by atoms with van der Waals surface area (Å²) in [6.07, 6.45) is 1.94. The molecule has 1 atom stereocenters. The van der Waals surface area contributed by atoms with Crippen molar-refractivity contribution in [3.8, 4) is 5.75 Å². The van der Waals surface area contributed by atoms with Crippen LogP contribution in [0, 0.1) is 12.8 Å². The van der Waals surface area contributed by atoms with Crippen LogP contribution >= 0.6 is 24.0 Å². The van der Waals surface area contributed by atoms with Gasteiger partial charge in [-0.05, 0) is 44.7 Å². The number of halogens is 2. The molecule has 2 rings (SSSR count). The molecule has 1 fully saturated rings. The van der Waals surface area contributed by atoms with E-state index in [1.807, 2.05) is 36.9 Å². The molecule has 1 aromatic carbocycles. The largest absolute Gasteiger partial charge is 0.483 e. The Balaban J connectivity index is 0.00000242. The van der Waals surface area contributed by atoms with E-state index in [1.54, 1.807) is 0 Å². The first-order valence-corrected chi connectivity index (χ1v) is 7.78. The van der Waals surface area contributed by atoms with E-state index >= 15 is 0 Å². The standard InChI is InChI=1S/C16H23ClN2O2.ClH/c1-11-14(17)4-3-5-15(11)21-10-16(20)19-8-6-13(7-9-19)12(2)18;/h3-5,12-13H,6-10,18H2,1-2H3;1H. The van der Waals surface area contributed by atoms with Crippen molar-refractivity contribution < 1.29 is 9.53 Å². The molecule has 1 unspecified atom stereocenters. The number of piperidine rings is 1. The molecule has 1 aliphatic heterocycles. The molecule has 1 saturated heterocycles. The molecule has 0 spiro atoms. The lowest BCUT2D eigenvalue weighted by molar-refractivity contribution is -0.134. The van der Waals surface area contributed by atoms with E-state index in [2.05, 4.69) is 0 Å². The van der Waals surface area contributed by atoms with E-state index in [-0.39, 0.29) is 31.0 Å². The first-order chi connectivity index (χ1) is 9.99. The van der Waals surface area contributed by atoms with Crippen LogP contribution in [0.1, 0.15) is 25.3 Å². The summed E-state index contributed by atoms with van der Waals surface area (Å²) in [5.41, 5.74) is 6.78. The Morgan fingerprint density at radius 2 is 2.09 bits per heavy atom. The minimum Gasteiger partial charge on any atom is -0.483 e. The van der Waals surface area contributed by atoms with Crippen molar-refractivity contribution in [1.29, 1.82) is 0 Å². The zero-order valence-corrected chi connectivity index (χ0v) is 14.6. The number of carbonyl (C=O) groups is 1. The minimum absolute atomic E-state index is 0. The van der Waals surface area contributed by atoms with Crippen LogP contribution in [-0.2, 0) is 4.79 Å². The van der Waals surface area contributed by atoms with Crippen LogP contribution in [0.25, 0.3) is 0 Å². The van der Waals surface area contributed by atoms with Crippen LogP contribution in [0.4, 0.5) is 0 Å². The topological polar surface area (TPSA) is 55.6 Å². The average molecular weight is 347 g/mol. The zero-order valence-electron chi connectivity index (χ0n) is 13.0. The quantitative estimate of drug-likeness (QED) is 0.911. The van der Waals surface area contributed by atoms with E-state index in [0.717, 1.165) is 31.5 Å². The molecule has 1 aromatic rings. The number of amides is 1. The van der Waals surface area contributed by atoms with Crippen LogP contribution in [0.5, 0.6) is 5.75 Å². The summed E-state index contributed by atoms with van der Waals surface area (Å²) in [5, 5.41) is 0.651. The molecule has 0 saturated carbocycles. The van der Waals surface area contributed by atoms with Gasteiger partial charge >= 0.3 is 0 Å². The third-order valence-corrected chi connectivity index (χ3v) is 4.61. The maximum atomic E-state index is 12.2. The molecule has 1 heterocycles. The number of carbonyl (C=O) groups excluding carboxylic acids is 1. The molecule has 124 valence electrons. The molecular weight excluding hydrogens is 323 g/mol. The minimum atomic E-state index is 0. The second-order valence-corrected chi connectivity index (χ2v) is 6.14. The van der Waals surface area contributed by atoms with E-state index in [1.165, 1.54) is 0 Å². The maximum absolute atomic E-state index is 12.2. The lowest BCUT2D eigenvalue weighted by atomic mass is 9.91. The molecule has 1 amide bonds. The summed E-state index contributed by atoms with van der Waals surface area (Å²) in [5.74, 6) is 1.21. The fourth-order valence-corrected chi connectivity index (χ4v) is 2.82. The van der Waals surface area contributed by atoms with Gasteiger partial charge in [-0.3, -0.25) is 4.79 Å². The fraction of sp³-hybridized carbons (Fsp3) is 0.562. The van der Waals surface area contributed by atoms with Crippen LogP contribution in [0.3, 0.4) is 0 Å². The molecule has 1 aliphatic rings. The van der Waals surface area contributed by atoms with Crippen LogP contribution in [-0.4, -0.2) is 36.5 Å². The Morgan fingerprint density at radius 3 is 2.68 bits per heavy atom. The summed E-state index contributed by atoms with van der Waals surface area (Å²) >= 11 is 6.04. The predicted octanol–water partition coefficient (Wildman–Crippen LogP) is 3.03. The van der Waals surface area contributed by atoms with Crippen molar-refractivity contribution in [2.75, 3.05) is 19.7 Å². The normalized spacial score (nSPS) is 16.8. The Morgan fingerprint density at radius 1 is 1.45 bits per heavy atom. The van der Waals surface area contributed by atoms with Crippen molar-refractivity contribution in [1.82, 2.24) is 4.90 Å². The predicted molar refractivity (Wildman–Crippen MR) is 91.9 cm³/mol. The van der Waals surface area contributed by atoms with Gasteiger partial charge in [0.05, 0.1) is 0 Å². The lowest BCUT2D eigenvalue weighted by Crippen LogP contribution is -2.44. The smallest absolute Gasteiger partial charge is 0.260 e. The monoisotopic (exact) mass is 346 g/mol. The molecule has 2 N–H and O–H groups in total. The summed E-state index contributed by atoms with van der Waals surface area (Å²) in [6, 6.07) is 5.66. The number of ether oxygens (including phenoxy) is 1. The summed E-state index contributed by atoms with van der Waals surface area (Å²) in [6.45, 7) is 5.51. The van der Waals surface area contributed by atoms with E-state index in [9.17, 15) is 4.79 Å². The first-order valence-electron chi connectivity index (χ1n) is 7.40. The molecule has 0 radical (unpaired) electrons. The maximum Gasteiger partial charge on any atom is 0.260 e. The Bertz CT molecular complexity index is 501. The Kier molecular flexibility index (Phi) is 7.46. The molecule has 0 aliphatic carbocycles. The molecule has 0 bridgehead atoms. The van der Waals surface area contributed by atoms with Gasteiger partial charge in [0.15, 0.2) is 6.61 Å². The highest BCUT2D eigenvalue weighted by molar-refractivity contribution is 6.31. The second kappa shape index (κ2) is 8.61. The number of hydrogen-bond donors (Lipinski definition) is 1. The lowest BCUT2D eigenvalue weighted by Gasteiger charge is -2.33. The van der Waals surface area contributed by atoms with E-state index in [0.29, 0.717) is 16.7 Å². The van der Waals surface area contributed by atoms with Crippen LogP contribution in [0.2, 0.25) is 5.02 Å². The fourth-order valence-electron chi connectivity index (χ4n) is 2.65. The molecule has 4 nitrogen and oxygen atoms in total. The van der Waals surface area contributed by atoms with Gasteiger partial charge in [-0.2, -0.15) is 0 Å². The number of rotatable bonds is 4. The van der Waals surface area contributed by atoms with Gasteiger partial charge in [0.2, 0.25) is 0 Å². The van der Waals surface area contributed by atoms with Crippen molar-refractivity contribution in [3.05, 3.63) is 28.8 Å². The summed E-state index contributed by atoms with van der Waals surface area (Å²) in [7, 11) is 0. The van der Waals surface area contributed by atoms with Gasteiger partial charge in [0, 0.05) is 29.7 Å². The van der Waals surface area contributed by atoms with Crippen LogP contribution in [0.15, 0.2) is 18.2 Å². The first kappa shape index (κ1) is 19.1. The molecule has 22 heavy (non-hydrogen) atoms. The number of benzene rings is 1. The summed E-state index contributed by atoms with van der Waals surface area (Å²) < 4.78 is 5.61. The van der Waals surface area contributed by atoms with Gasteiger partial charge in [-0.1, -0.05) is 17.7 Å².